The van der Waals surface area contributed by atoms with Gasteiger partial charge in [0.1, 0.15) is 5.82 Å². The fourth-order valence-electron chi connectivity index (χ4n) is 4.00. The fraction of sp³-hybridized carbons (Fsp3) is 0.455. The van der Waals surface area contributed by atoms with E-state index in [4.69, 9.17) is 0 Å². The van der Waals surface area contributed by atoms with Gasteiger partial charge in [0.2, 0.25) is 0 Å². The molecule has 132 valence electrons. The first-order valence-corrected chi connectivity index (χ1v) is 9.53. The quantitative estimate of drug-likeness (QED) is 0.850. The highest BCUT2D eigenvalue weighted by Gasteiger charge is 2.38. The van der Waals surface area contributed by atoms with E-state index in [1.54, 1.807) is 12.1 Å². The van der Waals surface area contributed by atoms with Gasteiger partial charge in [-0.1, -0.05) is 42.5 Å². The van der Waals surface area contributed by atoms with Gasteiger partial charge in [-0.15, -0.1) is 0 Å². The molecule has 25 heavy (non-hydrogen) atoms. The highest BCUT2D eigenvalue weighted by atomic mass is 19.1. The van der Waals surface area contributed by atoms with Crippen molar-refractivity contribution in [2.75, 3.05) is 19.6 Å². The minimum Gasteiger partial charge on any atom is -0.313 e. The molecule has 0 amide bonds. The van der Waals surface area contributed by atoms with Gasteiger partial charge in [-0.2, -0.15) is 0 Å². The number of piperidine rings is 1. The second-order valence-electron chi connectivity index (χ2n) is 7.61. The topological polar surface area (TPSA) is 15.3 Å². The van der Waals surface area contributed by atoms with Crippen LogP contribution in [0, 0.1) is 11.7 Å². The van der Waals surface area contributed by atoms with Crippen molar-refractivity contribution in [3.05, 3.63) is 71.5 Å². The van der Waals surface area contributed by atoms with Crippen LogP contribution in [0.15, 0.2) is 54.6 Å². The van der Waals surface area contributed by atoms with Crippen molar-refractivity contribution in [1.29, 1.82) is 0 Å². The predicted octanol–water partition coefficient (Wildman–Crippen LogP) is 4.18. The molecule has 1 saturated carbocycles. The summed E-state index contributed by atoms with van der Waals surface area (Å²) in [5.74, 6) is 1.36. The molecule has 2 aliphatic rings. The van der Waals surface area contributed by atoms with Crippen LogP contribution in [0.1, 0.15) is 36.3 Å². The molecule has 1 aliphatic heterocycles. The second-order valence-corrected chi connectivity index (χ2v) is 7.61. The summed E-state index contributed by atoms with van der Waals surface area (Å²) >= 11 is 0. The van der Waals surface area contributed by atoms with Gasteiger partial charge in [0, 0.05) is 18.5 Å². The highest BCUT2D eigenvalue weighted by molar-refractivity contribution is 5.27. The summed E-state index contributed by atoms with van der Waals surface area (Å²) in [6, 6.07) is 18.5. The lowest BCUT2D eigenvalue weighted by molar-refractivity contribution is 0.175. The fourth-order valence-corrected chi connectivity index (χ4v) is 4.00. The minimum absolute atomic E-state index is 0.151. The number of rotatable bonds is 6. The van der Waals surface area contributed by atoms with Gasteiger partial charge < -0.3 is 5.32 Å². The molecule has 0 aromatic heterocycles. The van der Waals surface area contributed by atoms with E-state index in [2.05, 4.69) is 40.5 Å². The molecular formula is C22H27FN2. The molecule has 2 aromatic rings. The SMILES string of the molecule is Fc1ccc(CN2CCC(CNC3CC3c3ccccc3)CC2)cc1. The predicted molar refractivity (Wildman–Crippen MR) is 100.0 cm³/mol. The Morgan fingerprint density at radius 2 is 1.68 bits per heavy atom. The molecule has 2 unspecified atom stereocenters. The summed E-state index contributed by atoms with van der Waals surface area (Å²) in [6.07, 6.45) is 3.81. The summed E-state index contributed by atoms with van der Waals surface area (Å²) in [7, 11) is 0. The standard InChI is InChI=1S/C22H27FN2/c23-20-8-6-18(7-9-20)16-25-12-10-17(11-13-25)15-24-22-14-21(22)19-4-2-1-3-5-19/h1-9,17,21-22,24H,10-16H2. The van der Waals surface area contributed by atoms with Gasteiger partial charge in [0.15, 0.2) is 0 Å². The van der Waals surface area contributed by atoms with E-state index in [9.17, 15) is 4.39 Å². The van der Waals surface area contributed by atoms with Crippen LogP contribution >= 0.6 is 0 Å². The van der Waals surface area contributed by atoms with E-state index in [0.29, 0.717) is 6.04 Å². The van der Waals surface area contributed by atoms with Crippen molar-refractivity contribution in [2.24, 2.45) is 5.92 Å². The second kappa shape index (κ2) is 7.67. The smallest absolute Gasteiger partial charge is 0.123 e. The van der Waals surface area contributed by atoms with Crippen LogP contribution in [-0.2, 0) is 6.54 Å². The monoisotopic (exact) mass is 338 g/mol. The zero-order chi connectivity index (χ0) is 17.1. The van der Waals surface area contributed by atoms with Crippen molar-refractivity contribution in [3.8, 4) is 0 Å². The lowest BCUT2D eigenvalue weighted by Crippen LogP contribution is -2.37. The first-order valence-electron chi connectivity index (χ1n) is 9.53. The van der Waals surface area contributed by atoms with Gasteiger partial charge in [0.25, 0.3) is 0 Å². The highest BCUT2D eigenvalue weighted by Crippen LogP contribution is 2.40. The van der Waals surface area contributed by atoms with Gasteiger partial charge in [-0.25, -0.2) is 4.39 Å². The number of nitrogens with zero attached hydrogens (tertiary/aromatic N) is 1. The Hall–Kier alpha value is -1.71. The van der Waals surface area contributed by atoms with E-state index < -0.39 is 0 Å². The van der Waals surface area contributed by atoms with Gasteiger partial charge >= 0.3 is 0 Å². The van der Waals surface area contributed by atoms with Crippen LogP contribution in [-0.4, -0.2) is 30.6 Å². The van der Waals surface area contributed by atoms with E-state index in [0.717, 1.165) is 38.0 Å². The van der Waals surface area contributed by atoms with Crippen molar-refractivity contribution in [1.82, 2.24) is 10.2 Å². The number of benzene rings is 2. The molecule has 2 nitrogen and oxygen atoms in total. The Kier molecular flexibility index (Phi) is 5.14. The van der Waals surface area contributed by atoms with Crippen LogP contribution < -0.4 is 5.32 Å². The molecule has 3 heteroatoms. The molecule has 0 spiro atoms. The van der Waals surface area contributed by atoms with E-state index in [-0.39, 0.29) is 5.82 Å². The van der Waals surface area contributed by atoms with Crippen molar-refractivity contribution in [2.45, 2.75) is 37.8 Å². The minimum atomic E-state index is -0.151. The molecule has 1 N–H and O–H groups in total. The van der Waals surface area contributed by atoms with Crippen LogP contribution in [0.2, 0.25) is 0 Å². The third-order valence-electron chi connectivity index (χ3n) is 5.71. The molecular weight excluding hydrogens is 311 g/mol. The van der Waals surface area contributed by atoms with Crippen molar-refractivity contribution < 1.29 is 4.39 Å². The third-order valence-corrected chi connectivity index (χ3v) is 5.71. The average Bonchev–Trinajstić information content (AvgIpc) is 3.44. The van der Waals surface area contributed by atoms with Crippen LogP contribution in [0.4, 0.5) is 4.39 Å². The Morgan fingerprint density at radius 3 is 2.40 bits per heavy atom. The van der Waals surface area contributed by atoms with E-state index >= 15 is 0 Å². The Balaban J connectivity index is 1.17. The first-order chi connectivity index (χ1) is 12.3. The van der Waals surface area contributed by atoms with Crippen molar-refractivity contribution >= 4 is 0 Å². The summed E-state index contributed by atoms with van der Waals surface area (Å²) in [6.45, 7) is 4.39. The molecule has 2 atom stereocenters. The van der Waals surface area contributed by atoms with E-state index in [1.165, 1.54) is 30.4 Å². The van der Waals surface area contributed by atoms with Crippen LogP contribution in [0.3, 0.4) is 0 Å². The summed E-state index contributed by atoms with van der Waals surface area (Å²) in [5.41, 5.74) is 2.69. The molecule has 2 aromatic carbocycles. The molecule has 1 saturated heterocycles. The number of halogens is 1. The normalized spacial score (nSPS) is 24.4. The lowest BCUT2D eigenvalue weighted by atomic mass is 9.96. The zero-order valence-corrected chi connectivity index (χ0v) is 14.7. The molecule has 0 bridgehead atoms. The molecule has 1 heterocycles. The first kappa shape index (κ1) is 16.7. The number of hydrogen-bond acceptors (Lipinski definition) is 2. The average molecular weight is 338 g/mol. The maximum atomic E-state index is 13.0. The van der Waals surface area contributed by atoms with Crippen LogP contribution in [0.5, 0.6) is 0 Å². The van der Waals surface area contributed by atoms with Crippen LogP contribution in [0.25, 0.3) is 0 Å². The summed E-state index contributed by atoms with van der Waals surface area (Å²) in [5, 5.41) is 3.79. The zero-order valence-electron chi connectivity index (χ0n) is 14.7. The number of nitrogens with one attached hydrogen (secondary N) is 1. The maximum Gasteiger partial charge on any atom is 0.123 e. The Labute approximate surface area is 150 Å². The molecule has 4 rings (SSSR count). The van der Waals surface area contributed by atoms with Crippen molar-refractivity contribution in [3.63, 3.8) is 0 Å². The lowest BCUT2D eigenvalue weighted by Gasteiger charge is -2.32. The third kappa shape index (κ3) is 4.47. The number of likely N-dealkylation sites (tertiary alicyclic amines) is 1. The summed E-state index contributed by atoms with van der Waals surface area (Å²) < 4.78 is 13.0. The van der Waals surface area contributed by atoms with Gasteiger partial charge in [-0.3, -0.25) is 4.90 Å². The van der Waals surface area contributed by atoms with Gasteiger partial charge in [0.05, 0.1) is 0 Å². The van der Waals surface area contributed by atoms with Gasteiger partial charge in [-0.05, 0) is 68.1 Å². The molecule has 2 fully saturated rings. The molecule has 0 radical (unpaired) electrons. The largest absolute Gasteiger partial charge is 0.313 e. The maximum absolute atomic E-state index is 13.0. The Morgan fingerprint density at radius 1 is 0.960 bits per heavy atom. The Bertz CT molecular complexity index is 662. The van der Waals surface area contributed by atoms with E-state index in [1.807, 2.05) is 12.1 Å². The molecule has 1 aliphatic carbocycles. The summed E-state index contributed by atoms with van der Waals surface area (Å²) in [4.78, 5) is 2.49. The number of hydrogen-bond donors (Lipinski definition) is 1.